The molecule has 0 aliphatic carbocycles. The van der Waals surface area contributed by atoms with Gasteiger partial charge in [-0.25, -0.2) is 0 Å². The van der Waals surface area contributed by atoms with Crippen LogP contribution in [-0.2, 0) is 9.59 Å². The zero-order valence-corrected chi connectivity index (χ0v) is 12.0. The predicted molar refractivity (Wildman–Crippen MR) is 75.8 cm³/mol. The number of carbonyl (C=O) groups excluding carboxylic acids is 2. The minimum absolute atomic E-state index is 0.133. The van der Waals surface area contributed by atoms with Crippen LogP contribution in [-0.4, -0.2) is 28.4 Å². The Labute approximate surface area is 119 Å². The molecule has 1 aliphatic rings. The first-order valence-electron chi connectivity index (χ1n) is 6.95. The molecular formula is C16H21NO3. The van der Waals surface area contributed by atoms with Gasteiger partial charge in [0.25, 0.3) is 0 Å². The summed E-state index contributed by atoms with van der Waals surface area (Å²) in [4.78, 5) is 25.3. The van der Waals surface area contributed by atoms with Gasteiger partial charge in [-0.05, 0) is 17.4 Å². The van der Waals surface area contributed by atoms with Crippen molar-refractivity contribution >= 4 is 11.8 Å². The van der Waals surface area contributed by atoms with Crippen LogP contribution in [0.3, 0.4) is 0 Å². The summed E-state index contributed by atoms with van der Waals surface area (Å²) in [7, 11) is 0. The minimum Gasteiger partial charge on any atom is -0.388 e. The third kappa shape index (κ3) is 3.45. The lowest BCUT2D eigenvalue weighted by Crippen LogP contribution is -2.46. The number of carbonyl (C=O) groups is 2. The summed E-state index contributed by atoms with van der Waals surface area (Å²) in [6.07, 6.45) is 0.508. The molecule has 1 fully saturated rings. The van der Waals surface area contributed by atoms with E-state index in [1.54, 1.807) is 0 Å². The zero-order valence-electron chi connectivity index (χ0n) is 12.0. The van der Waals surface area contributed by atoms with E-state index in [0.29, 0.717) is 19.3 Å². The predicted octanol–water partition coefficient (Wildman–Crippen LogP) is 2.29. The lowest BCUT2D eigenvalue weighted by molar-refractivity contribution is -0.152. The molecule has 2 amide bonds. The fourth-order valence-corrected chi connectivity index (χ4v) is 2.55. The number of aliphatic hydroxyl groups excluding tert-OH is 1. The van der Waals surface area contributed by atoms with Gasteiger partial charge in [-0.2, -0.15) is 0 Å². The molecule has 1 aromatic rings. The molecule has 0 radical (unpaired) electrons. The number of imide groups is 1. The molecule has 108 valence electrons. The van der Waals surface area contributed by atoms with Crippen LogP contribution in [0.4, 0.5) is 0 Å². The van der Waals surface area contributed by atoms with Gasteiger partial charge in [0.15, 0.2) is 0 Å². The molecule has 1 saturated heterocycles. The standard InChI is InChI=1S/C16H21NO3/c1-16(2)10-14(19)17(15(20)11-16)9-8-13(18)12-6-4-3-5-7-12/h3-7,13,18H,8-11H2,1-2H3. The van der Waals surface area contributed by atoms with Crippen LogP contribution in [0.1, 0.15) is 44.8 Å². The number of aliphatic hydroxyl groups is 1. The number of hydrogen-bond donors (Lipinski definition) is 1. The molecule has 4 nitrogen and oxygen atoms in total. The van der Waals surface area contributed by atoms with E-state index in [4.69, 9.17) is 0 Å². The first kappa shape index (κ1) is 14.7. The molecule has 1 N–H and O–H groups in total. The van der Waals surface area contributed by atoms with Gasteiger partial charge in [0.05, 0.1) is 6.10 Å². The van der Waals surface area contributed by atoms with Crippen molar-refractivity contribution in [2.45, 2.75) is 39.2 Å². The van der Waals surface area contributed by atoms with Crippen LogP contribution in [0.2, 0.25) is 0 Å². The number of likely N-dealkylation sites (tertiary alicyclic amines) is 1. The Bertz CT molecular complexity index is 476. The van der Waals surface area contributed by atoms with Gasteiger partial charge in [0.2, 0.25) is 11.8 Å². The van der Waals surface area contributed by atoms with E-state index >= 15 is 0 Å². The van der Waals surface area contributed by atoms with E-state index < -0.39 is 6.10 Å². The molecule has 1 unspecified atom stereocenters. The molecule has 20 heavy (non-hydrogen) atoms. The van der Waals surface area contributed by atoms with Crippen molar-refractivity contribution in [1.82, 2.24) is 4.90 Å². The molecule has 1 atom stereocenters. The Kier molecular flexibility index (Phi) is 4.23. The van der Waals surface area contributed by atoms with Crippen molar-refractivity contribution in [2.24, 2.45) is 5.41 Å². The van der Waals surface area contributed by atoms with Crippen LogP contribution in [0.15, 0.2) is 30.3 Å². The monoisotopic (exact) mass is 275 g/mol. The fourth-order valence-electron chi connectivity index (χ4n) is 2.55. The SMILES string of the molecule is CC1(C)CC(=O)N(CCC(O)c2ccccc2)C(=O)C1. The summed E-state index contributed by atoms with van der Waals surface area (Å²) in [5, 5.41) is 10.1. The van der Waals surface area contributed by atoms with Crippen LogP contribution in [0.5, 0.6) is 0 Å². The summed E-state index contributed by atoms with van der Waals surface area (Å²) < 4.78 is 0. The summed E-state index contributed by atoms with van der Waals surface area (Å²) in [5.41, 5.74) is 0.563. The first-order chi connectivity index (χ1) is 9.39. The van der Waals surface area contributed by atoms with Crippen LogP contribution < -0.4 is 0 Å². The topological polar surface area (TPSA) is 57.6 Å². The Morgan fingerprint density at radius 2 is 1.70 bits per heavy atom. The Hall–Kier alpha value is -1.68. The smallest absolute Gasteiger partial charge is 0.229 e. The van der Waals surface area contributed by atoms with Crippen molar-refractivity contribution in [2.75, 3.05) is 6.54 Å². The average molecular weight is 275 g/mol. The summed E-state index contributed by atoms with van der Waals surface area (Å²) >= 11 is 0. The van der Waals surface area contributed by atoms with Gasteiger partial charge in [-0.15, -0.1) is 0 Å². The average Bonchev–Trinajstić information content (AvgIpc) is 2.37. The molecule has 0 aromatic heterocycles. The number of nitrogens with zero attached hydrogens (tertiary/aromatic N) is 1. The van der Waals surface area contributed by atoms with Crippen molar-refractivity contribution in [3.8, 4) is 0 Å². The molecule has 4 heteroatoms. The Morgan fingerprint density at radius 3 is 2.25 bits per heavy atom. The van der Waals surface area contributed by atoms with Crippen molar-refractivity contribution < 1.29 is 14.7 Å². The second kappa shape index (κ2) is 5.75. The molecule has 1 heterocycles. The van der Waals surface area contributed by atoms with E-state index in [1.807, 2.05) is 44.2 Å². The van der Waals surface area contributed by atoms with Crippen LogP contribution in [0.25, 0.3) is 0 Å². The van der Waals surface area contributed by atoms with Gasteiger partial charge in [0.1, 0.15) is 0 Å². The van der Waals surface area contributed by atoms with E-state index in [1.165, 1.54) is 4.90 Å². The molecular weight excluding hydrogens is 254 g/mol. The molecule has 0 bridgehead atoms. The molecule has 1 aromatic carbocycles. The zero-order chi connectivity index (χ0) is 14.8. The number of benzene rings is 1. The highest BCUT2D eigenvalue weighted by atomic mass is 16.3. The highest BCUT2D eigenvalue weighted by Crippen LogP contribution is 2.32. The second-order valence-electron chi connectivity index (χ2n) is 6.17. The number of amides is 2. The van der Waals surface area contributed by atoms with E-state index in [0.717, 1.165) is 5.56 Å². The fraction of sp³-hybridized carbons (Fsp3) is 0.500. The van der Waals surface area contributed by atoms with Crippen LogP contribution >= 0.6 is 0 Å². The maximum Gasteiger partial charge on any atom is 0.229 e. The maximum absolute atomic E-state index is 12.0. The third-order valence-electron chi connectivity index (χ3n) is 3.67. The van der Waals surface area contributed by atoms with Gasteiger partial charge in [-0.3, -0.25) is 14.5 Å². The van der Waals surface area contributed by atoms with E-state index in [9.17, 15) is 14.7 Å². The van der Waals surface area contributed by atoms with E-state index in [2.05, 4.69) is 0 Å². The van der Waals surface area contributed by atoms with Gasteiger partial charge >= 0.3 is 0 Å². The normalized spacial score (nSPS) is 20.1. The lowest BCUT2D eigenvalue weighted by atomic mass is 9.81. The van der Waals surface area contributed by atoms with Crippen LogP contribution in [0, 0.1) is 5.41 Å². The van der Waals surface area contributed by atoms with Crippen molar-refractivity contribution in [1.29, 1.82) is 0 Å². The van der Waals surface area contributed by atoms with E-state index in [-0.39, 0.29) is 23.8 Å². The Balaban J connectivity index is 1.94. The lowest BCUT2D eigenvalue weighted by Gasteiger charge is -2.35. The van der Waals surface area contributed by atoms with Gasteiger partial charge < -0.3 is 5.11 Å². The minimum atomic E-state index is -0.647. The van der Waals surface area contributed by atoms with Crippen molar-refractivity contribution in [3.63, 3.8) is 0 Å². The van der Waals surface area contributed by atoms with Crippen molar-refractivity contribution in [3.05, 3.63) is 35.9 Å². The molecule has 0 spiro atoms. The Morgan fingerprint density at radius 1 is 1.15 bits per heavy atom. The number of rotatable bonds is 4. The quantitative estimate of drug-likeness (QED) is 0.858. The molecule has 0 saturated carbocycles. The summed E-state index contributed by atoms with van der Waals surface area (Å²) in [6, 6.07) is 9.29. The highest BCUT2D eigenvalue weighted by molar-refractivity contribution is 5.98. The highest BCUT2D eigenvalue weighted by Gasteiger charge is 2.37. The van der Waals surface area contributed by atoms with Gasteiger partial charge in [0, 0.05) is 19.4 Å². The third-order valence-corrected chi connectivity index (χ3v) is 3.67. The number of piperidine rings is 1. The molecule has 1 aliphatic heterocycles. The summed E-state index contributed by atoms with van der Waals surface area (Å²) in [6.45, 7) is 4.14. The second-order valence-corrected chi connectivity index (χ2v) is 6.17. The maximum atomic E-state index is 12.0. The molecule has 2 rings (SSSR count). The largest absolute Gasteiger partial charge is 0.388 e. The number of hydrogen-bond acceptors (Lipinski definition) is 3. The first-order valence-corrected chi connectivity index (χ1v) is 6.95. The summed E-state index contributed by atoms with van der Waals surface area (Å²) in [5.74, 6) is -0.266. The van der Waals surface area contributed by atoms with Gasteiger partial charge in [-0.1, -0.05) is 44.2 Å².